The maximum Gasteiger partial charge on any atom is 0.214 e. The normalized spacial score (nSPS) is 12.0. The van der Waals surface area contributed by atoms with Gasteiger partial charge in [-0.25, -0.2) is 8.42 Å². The Morgan fingerprint density at radius 3 is 2.74 bits per heavy atom. The summed E-state index contributed by atoms with van der Waals surface area (Å²) in [5, 5.41) is 3.12. The highest BCUT2D eigenvalue weighted by Crippen LogP contribution is 2.07. The molecule has 0 aromatic carbocycles. The van der Waals surface area contributed by atoms with Crippen LogP contribution in [0.5, 0.6) is 0 Å². The average Bonchev–Trinajstić information content (AvgIpc) is 2.34. The lowest BCUT2D eigenvalue weighted by Crippen LogP contribution is -2.30. The summed E-state index contributed by atoms with van der Waals surface area (Å²) in [6.45, 7) is 5.82. The van der Waals surface area contributed by atoms with Gasteiger partial charge in [0.1, 0.15) is 0 Å². The van der Waals surface area contributed by atoms with Gasteiger partial charge in [0.25, 0.3) is 0 Å². The van der Waals surface area contributed by atoms with Gasteiger partial charge in [0.2, 0.25) is 10.0 Å². The minimum absolute atomic E-state index is 0.169. The van der Waals surface area contributed by atoms with E-state index >= 15 is 0 Å². The van der Waals surface area contributed by atoms with Crippen LogP contribution in [0.1, 0.15) is 24.7 Å². The summed E-state index contributed by atoms with van der Waals surface area (Å²) in [4.78, 5) is 4.32. The molecule has 1 aromatic heterocycles. The quantitative estimate of drug-likeness (QED) is 0.728. The highest BCUT2D eigenvalue weighted by atomic mass is 32.2. The number of pyridine rings is 1. The predicted octanol–water partition coefficient (Wildman–Crippen LogP) is 1.15. The summed E-state index contributed by atoms with van der Waals surface area (Å²) in [5.74, 6) is 0.169. The fourth-order valence-corrected chi connectivity index (χ4v) is 2.88. The smallest absolute Gasteiger partial charge is 0.214 e. The lowest BCUT2D eigenvalue weighted by molar-refractivity contribution is 0.460. The molecule has 0 aliphatic rings. The highest BCUT2D eigenvalue weighted by Gasteiger charge is 2.17. The molecule has 6 heteroatoms. The molecule has 1 aromatic rings. The lowest BCUT2D eigenvalue weighted by atomic mass is 10.3. The molecule has 0 saturated heterocycles. The van der Waals surface area contributed by atoms with Crippen molar-refractivity contribution in [2.75, 3.05) is 25.9 Å². The summed E-state index contributed by atoms with van der Waals surface area (Å²) >= 11 is 0. The van der Waals surface area contributed by atoms with E-state index in [2.05, 4.69) is 10.3 Å². The second kappa shape index (κ2) is 7.57. The van der Waals surface area contributed by atoms with Gasteiger partial charge in [-0.05, 0) is 38.6 Å². The molecule has 0 aliphatic carbocycles. The van der Waals surface area contributed by atoms with Gasteiger partial charge in [0.05, 0.1) is 18.0 Å². The van der Waals surface area contributed by atoms with E-state index < -0.39 is 10.0 Å². The van der Waals surface area contributed by atoms with Crippen molar-refractivity contribution in [1.82, 2.24) is 14.6 Å². The van der Waals surface area contributed by atoms with E-state index in [4.69, 9.17) is 0 Å². The van der Waals surface area contributed by atoms with Crippen molar-refractivity contribution >= 4 is 10.0 Å². The maximum absolute atomic E-state index is 12.1. The molecule has 108 valence electrons. The first-order valence-corrected chi connectivity index (χ1v) is 8.14. The van der Waals surface area contributed by atoms with Gasteiger partial charge in [0, 0.05) is 12.7 Å². The van der Waals surface area contributed by atoms with E-state index in [1.165, 1.54) is 4.31 Å². The molecule has 0 atom stereocenters. The Hall–Kier alpha value is -0.980. The van der Waals surface area contributed by atoms with Gasteiger partial charge in [0.15, 0.2) is 0 Å². The van der Waals surface area contributed by atoms with Crippen LogP contribution in [0.15, 0.2) is 18.2 Å². The third kappa shape index (κ3) is 5.67. The Morgan fingerprint density at radius 2 is 2.11 bits per heavy atom. The summed E-state index contributed by atoms with van der Waals surface area (Å²) in [7, 11) is -1.59. The summed E-state index contributed by atoms with van der Waals surface area (Å²) < 4.78 is 25.5. The van der Waals surface area contributed by atoms with Crippen molar-refractivity contribution in [3.63, 3.8) is 0 Å². The standard InChI is InChI=1S/C13H23N3O2S/c1-4-14-9-6-10-19(17,18)16(3)11-13-8-5-7-12(2)15-13/h5,7-8,14H,4,6,9-11H2,1-3H3. The zero-order chi connectivity index (χ0) is 14.3. The summed E-state index contributed by atoms with van der Waals surface area (Å²) in [6, 6.07) is 5.63. The number of aryl methyl sites for hydroxylation is 1. The third-order valence-electron chi connectivity index (χ3n) is 2.81. The molecule has 19 heavy (non-hydrogen) atoms. The van der Waals surface area contributed by atoms with Crippen LogP contribution in [0.25, 0.3) is 0 Å². The Balaban J connectivity index is 2.53. The van der Waals surface area contributed by atoms with Crippen molar-refractivity contribution in [3.8, 4) is 0 Å². The van der Waals surface area contributed by atoms with Crippen LogP contribution >= 0.6 is 0 Å². The van der Waals surface area contributed by atoms with Crippen LogP contribution in [-0.4, -0.2) is 43.6 Å². The monoisotopic (exact) mass is 285 g/mol. The fraction of sp³-hybridized carbons (Fsp3) is 0.615. The Labute approximate surface area is 116 Å². The van der Waals surface area contributed by atoms with Crippen molar-refractivity contribution in [1.29, 1.82) is 0 Å². The molecular formula is C13H23N3O2S. The van der Waals surface area contributed by atoms with Gasteiger partial charge in [-0.1, -0.05) is 13.0 Å². The van der Waals surface area contributed by atoms with Gasteiger partial charge in [-0.3, -0.25) is 4.98 Å². The molecule has 0 aliphatic heterocycles. The number of hydrogen-bond donors (Lipinski definition) is 1. The molecule has 0 spiro atoms. The molecule has 0 fully saturated rings. The molecule has 0 bridgehead atoms. The molecule has 0 saturated carbocycles. The zero-order valence-corrected chi connectivity index (χ0v) is 12.7. The Kier molecular flexibility index (Phi) is 6.41. The molecule has 1 heterocycles. The molecule has 1 rings (SSSR count). The van der Waals surface area contributed by atoms with E-state index in [9.17, 15) is 8.42 Å². The number of nitrogens with one attached hydrogen (secondary N) is 1. The molecular weight excluding hydrogens is 262 g/mol. The second-order valence-corrected chi connectivity index (χ2v) is 6.74. The topological polar surface area (TPSA) is 62.3 Å². The highest BCUT2D eigenvalue weighted by molar-refractivity contribution is 7.89. The average molecular weight is 285 g/mol. The molecule has 0 radical (unpaired) electrons. The zero-order valence-electron chi connectivity index (χ0n) is 11.9. The van der Waals surface area contributed by atoms with Gasteiger partial charge >= 0.3 is 0 Å². The predicted molar refractivity (Wildman–Crippen MR) is 77.4 cm³/mol. The molecule has 0 amide bonds. The first-order valence-electron chi connectivity index (χ1n) is 6.53. The summed E-state index contributed by atoms with van der Waals surface area (Å²) in [6.07, 6.45) is 0.627. The largest absolute Gasteiger partial charge is 0.317 e. The number of hydrogen-bond acceptors (Lipinski definition) is 4. The second-order valence-electron chi connectivity index (χ2n) is 4.55. The van der Waals surface area contributed by atoms with Crippen molar-refractivity contribution < 1.29 is 8.42 Å². The number of aromatic nitrogens is 1. The number of rotatable bonds is 8. The van der Waals surface area contributed by atoms with Crippen LogP contribution < -0.4 is 5.32 Å². The number of nitrogens with zero attached hydrogens (tertiary/aromatic N) is 2. The van der Waals surface area contributed by atoms with Gasteiger partial charge < -0.3 is 5.32 Å². The van der Waals surface area contributed by atoms with Gasteiger partial charge in [-0.15, -0.1) is 0 Å². The maximum atomic E-state index is 12.1. The van der Waals surface area contributed by atoms with Gasteiger partial charge in [-0.2, -0.15) is 4.31 Å². The lowest BCUT2D eigenvalue weighted by Gasteiger charge is -2.17. The van der Waals surface area contributed by atoms with Crippen molar-refractivity contribution in [2.45, 2.75) is 26.8 Å². The van der Waals surface area contributed by atoms with Crippen molar-refractivity contribution in [2.24, 2.45) is 0 Å². The Morgan fingerprint density at radius 1 is 1.37 bits per heavy atom. The van der Waals surface area contributed by atoms with Crippen LogP contribution in [0.4, 0.5) is 0 Å². The third-order valence-corrected chi connectivity index (χ3v) is 4.69. The minimum atomic E-state index is -3.20. The molecule has 5 nitrogen and oxygen atoms in total. The first kappa shape index (κ1) is 16.1. The fourth-order valence-electron chi connectivity index (χ4n) is 1.73. The van der Waals surface area contributed by atoms with E-state index in [1.807, 2.05) is 32.0 Å². The van der Waals surface area contributed by atoms with E-state index in [0.717, 1.165) is 24.5 Å². The van der Waals surface area contributed by atoms with E-state index in [0.29, 0.717) is 13.0 Å². The SMILES string of the molecule is CCNCCCS(=O)(=O)N(C)Cc1cccc(C)n1. The Bertz CT molecular complexity index is 488. The van der Waals surface area contributed by atoms with Crippen molar-refractivity contribution in [3.05, 3.63) is 29.6 Å². The molecule has 1 N–H and O–H groups in total. The van der Waals surface area contributed by atoms with E-state index in [1.54, 1.807) is 7.05 Å². The first-order chi connectivity index (χ1) is 8.95. The minimum Gasteiger partial charge on any atom is -0.317 e. The van der Waals surface area contributed by atoms with Crippen LogP contribution in [-0.2, 0) is 16.6 Å². The summed E-state index contributed by atoms with van der Waals surface area (Å²) in [5.41, 5.74) is 1.67. The van der Waals surface area contributed by atoms with Crippen LogP contribution in [0.2, 0.25) is 0 Å². The molecule has 0 unspecified atom stereocenters. The van der Waals surface area contributed by atoms with Crippen LogP contribution in [0, 0.1) is 6.92 Å². The van der Waals surface area contributed by atoms with E-state index in [-0.39, 0.29) is 5.75 Å². The number of sulfonamides is 1. The van der Waals surface area contributed by atoms with Crippen LogP contribution in [0.3, 0.4) is 0 Å².